The van der Waals surface area contributed by atoms with Crippen LogP contribution in [0.1, 0.15) is 56.2 Å². The molecule has 0 saturated carbocycles. The van der Waals surface area contributed by atoms with Crippen molar-refractivity contribution >= 4 is 0 Å². The zero-order valence-electron chi connectivity index (χ0n) is 12.2. The molecule has 1 aromatic rings. The van der Waals surface area contributed by atoms with Crippen molar-refractivity contribution in [1.82, 2.24) is 10.3 Å². The zero-order valence-corrected chi connectivity index (χ0v) is 12.2. The summed E-state index contributed by atoms with van der Waals surface area (Å²) >= 11 is 0. The molecule has 19 heavy (non-hydrogen) atoms. The predicted molar refractivity (Wildman–Crippen MR) is 78.2 cm³/mol. The monoisotopic (exact) mass is 262 g/mol. The summed E-state index contributed by atoms with van der Waals surface area (Å²) in [4.78, 5) is 4.29. The molecule has 3 heteroatoms. The van der Waals surface area contributed by atoms with Crippen LogP contribution in [0.15, 0.2) is 18.5 Å². The van der Waals surface area contributed by atoms with E-state index >= 15 is 0 Å². The van der Waals surface area contributed by atoms with Gasteiger partial charge in [-0.2, -0.15) is 0 Å². The van der Waals surface area contributed by atoms with Crippen molar-refractivity contribution in [3.8, 4) is 0 Å². The molecule has 0 amide bonds. The first-order chi connectivity index (χ1) is 9.31. The minimum Gasteiger partial charge on any atom is -0.378 e. The van der Waals surface area contributed by atoms with E-state index in [9.17, 15) is 0 Å². The molecule has 0 aliphatic carbocycles. The van der Waals surface area contributed by atoms with Crippen molar-refractivity contribution < 1.29 is 4.74 Å². The van der Waals surface area contributed by atoms with E-state index in [1.807, 2.05) is 12.4 Å². The van der Waals surface area contributed by atoms with Gasteiger partial charge < -0.3 is 10.1 Å². The molecule has 0 aromatic carbocycles. The molecule has 2 unspecified atom stereocenters. The number of pyridine rings is 1. The van der Waals surface area contributed by atoms with E-state index in [1.165, 1.54) is 30.4 Å². The summed E-state index contributed by atoms with van der Waals surface area (Å²) < 4.78 is 5.89. The van der Waals surface area contributed by atoms with Crippen molar-refractivity contribution in [3.63, 3.8) is 0 Å². The third kappa shape index (κ3) is 4.29. The summed E-state index contributed by atoms with van der Waals surface area (Å²) in [6.45, 7) is 6.35. The lowest BCUT2D eigenvalue weighted by Gasteiger charge is -2.28. The van der Waals surface area contributed by atoms with Gasteiger partial charge in [-0.1, -0.05) is 6.92 Å². The Balaban J connectivity index is 2.04. The maximum absolute atomic E-state index is 5.89. The summed E-state index contributed by atoms with van der Waals surface area (Å²) in [7, 11) is 0. The summed E-state index contributed by atoms with van der Waals surface area (Å²) in [5.74, 6) is 0. The van der Waals surface area contributed by atoms with E-state index in [1.54, 1.807) is 0 Å². The van der Waals surface area contributed by atoms with E-state index in [2.05, 4.69) is 30.2 Å². The second kappa shape index (κ2) is 7.61. The van der Waals surface area contributed by atoms with E-state index < -0.39 is 0 Å². The van der Waals surface area contributed by atoms with Crippen molar-refractivity contribution in [2.75, 3.05) is 13.2 Å². The molecule has 0 spiro atoms. The first kappa shape index (κ1) is 14.5. The molecule has 1 saturated heterocycles. The van der Waals surface area contributed by atoms with Crippen LogP contribution in [0.5, 0.6) is 0 Å². The molecule has 0 radical (unpaired) electrons. The van der Waals surface area contributed by atoms with E-state index in [0.717, 1.165) is 26.0 Å². The van der Waals surface area contributed by atoms with Gasteiger partial charge in [0.2, 0.25) is 0 Å². The minimum absolute atomic E-state index is 0.372. The van der Waals surface area contributed by atoms with Crippen molar-refractivity contribution in [1.29, 1.82) is 0 Å². The van der Waals surface area contributed by atoms with Crippen LogP contribution < -0.4 is 5.32 Å². The maximum Gasteiger partial charge on any atom is 0.0593 e. The molecule has 1 fully saturated rings. The minimum atomic E-state index is 0.372. The number of nitrogens with one attached hydrogen (secondary N) is 1. The van der Waals surface area contributed by atoms with E-state index in [-0.39, 0.29) is 0 Å². The fourth-order valence-electron chi connectivity index (χ4n) is 2.74. The smallest absolute Gasteiger partial charge is 0.0593 e. The van der Waals surface area contributed by atoms with Gasteiger partial charge in [-0.3, -0.25) is 4.98 Å². The Kier molecular flexibility index (Phi) is 5.80. The normalized spacial score (nSPS) is 21.3. The highest BCUT2D eigenvalue weighted by molar-refractivity contribution is 5.25. The number of rotatable bonds is 6. The Hall–Kier alpha value is -0.930. The standard InChI is InChI=1S/C16H26N2O/c1-3-8-18-16(11-14-6-4-5-10-19-14)15-12-17-9-7-13(15)2/h7,9,12,14,16,18H,3-6,8,10-11H2,1-2H3. The van der Waals surface area contributed by atoms with Crippen molar-refractivity contribution in [2.24, 2.45) is 0 Å². The maximum atomic E-state index is 5.89. The number of ether oxygens (including phenoxy) is 1. The average molecular weight is 262 g/mol. The van der Waals surface area contributed by atoms with E-state index in [0.29, 0.717) is 12.1 Å². The Morgan fingerprint density at radius 3 is 3.05 bits per heavy atom. The van der Waals surface area contributed by atoms with Crippen LogP contribution >= 0.6 is 0 Å². The first-order valence-electron chi connectivity index (χ1n) is 7.56. The second-order valence-corrected chi connectivity index (χ2v) is 5.46. The molecule has 2 heterocycles. The van der Waals surface area contributed by atoms with E-state index in [4.69, 9.17) is 4.74 Å². The Morgan fingerprint density at radius 2 is 2.37 bits per heavy atom. The molecule has 1 aliphatic heterocycles. The fraction of sp³-hybridized carbons (Fsp3) is 0.688. The Bertz CT molecular complexity index is 375. The van der Waals surface area contributed by atoms with Crippen LogP contribution in [0.4, 0.5) is 0 Å². The number of nitrogens with zero attached hydrogens (tertiary/aromatic N) is 1. The summed E-state index contributed by atoms with van der Waals surface area (Å²) in [6.07, 6.45) is 10.2. The lowest BCUT2D eigenvalue weighted by molar-refractivity contribution is 0.00500. The highest BCUT2D eigenvalue weighted by Crippen LogP contribution is 2.26. The first-order valence-corrected chi connectivity index (χ1v) is 7.56. The van der Waals surface area contributed by atoms with Crippen LogP contribution in [0.3, 0.4) is 0 Å². The molecule has 1 aliphatic rings. The van der Waals surface area contributed by atoms with Crippen molar-refractivity contribution in [2.45, 2.75) is 58.1 Å². The lowest BCUT2D eigenvalue weighted by Crippen LogP contribution is -2.29. The van der Waals surface area contributed by atoms with Gasteiger partial charge in [-0.05, 0) is 62.8 Å². The topological polar surface area (TPSA) is 34.1 Å². The SMILES string of the molecule is CCCNC(CC1CCCCO1)c1cnccc1C. The van der Waals surface area contributed by atoms with Crippen LogP contribution in [0.2, 0.25) is 0 Å². The summed E-state index contributed by atoms with van der Waals surface area (Å²) in [5, 5.41) is 3.65. The molecule has 2 rings (SSSR count). The van der Waals surface area contributed by atoms with Gasteiger partial charge in [0, 0.05) is 25.0 Å². The molecule has 106 valence electrons. The Labute approximate surface area is 116 Å². The molecule has 1 aromatic heterocycles. The van der Waals surface area contributed by atoms with Gasteiger partial charge in [0.05, 0.1) is 6.10 Å². The van der Waals surface area contributed by atoms with Gasteiger partial charge in [0.1, 0.15) is 0 Å². The van der Waals surface area contributed by atoms with Gasteiger partial charge in [0.15, 0.2) is 0 Å². The van der Waals surface area contributed by atoms with Crippen LogP contribution in [0.25, 0.3) is 0 Å². The van der Waals surface area contributed by atoms with Gasteiger partial charge in [-0.15, -0.1) is 0 Å². The molecule has 0 bridgehead atoms. The third-order valence-electron chi connectivity index (χ3n) is 3.87. The van der Waals surface area contributed by atoms with Crippen LogP contribution in [0, 0.1) is 6.92 Å². The fourth-order valence-corrected chi connectivity index (χ4v) is 2.74. The quantitative estimate of drug-likeness (QED) is 0.853. The predicted octanol–water partition coefficient (Wildman–Crippen LogP) is 3.39. The molecule has 1 N–H and O–H groups in total. The third-order valence-corrected chi connectivity index (χ3v) is 3.87. The molecular formula is C16H26N2O. The number of aromatic nitrogens is 1. The molecular weight excluding hydrogens is 236 g/mol. The number of hydrogen-bond donors (Lipinski definition) is 1. The Morgan fingerprint density at radius 1 is 1.47 bits per heavy atom. The molecule has 3 nitrogen and oxygen atoms in total. The highest BCUT2D eigenvalue weighted by Gasteiger charge is 2.21. The van der Waals surface area contributed by atoms with Gasteiger partial charge >= 0.3 is 0 Å². The summed E-state index contributed by atoms with van der Waals surface area (Å²) in [6, 6.07) is 2.47. The second-order valence-electron chi connectivity index (χ2n) is 5.46. The van der Waals surface area contributed by atoms with Crippen LogP contribution in [-0.4, -0.2) is 24.2 Å². The van der Waals surface area contributed by atoms with Gasteiger partial charge in [-0.25, -0.2) is 0 Å². The average Bonchev–Trinajstić information content (AvgIpc) is 2.45. The molecule has 2 atom stereocenters. The van der Waals surface area contributed by atoms with Gasteiger partial charge in [0.25, 0.3) is 0 Å². The highest BCUT2D eigenvalue weighted by atomic mass is 16.5. The largest absolute Gasteiger partial charge is 0.378 e. The van der Waals surface area contributed by atoms with Crippen molar-refractivity contribution in [3.05, 3.63) is 29.6 Å². The number of hydrogen-bond acceptors (Lipinski definition) is 3. The lowest BCUT2D eigenvalue weighted by atomic mass is 9.95. The zero-order chi connectivity index (χ0) is 13.5. The van der Waals surface area contributed by atoms with Crippen LogP contribution in [-0.2, 0) is 4.74 Å². The number of aryl methyl sites for hydroxylation is 1. The summed E-state index contributed by atoms with van der Waals surface area (Å²) in [5.41, 5.74) is 2.64.